The van der Waals surface area contributed by atoms with Crippen LogP contribution >= 0.6 is 12.4 Å². The number of rotatable bonds is 2. The second-order valence-corrected chi connectivity index (χ2v) is 7.54. The van der Waals surface area contributed by atoms with Gasteiger partial charge in [0.05, 0.1) is 5.41 Å². The molecule has 3 rings (SSSR count). The highest BCUT2D eigenvalue weighted by atomic mass is 35.5. The lowest BCUT2D eigenvalue weighted by atomic mass is 9.68. The number of carbonyl (C=O) groups is 1. The molecule has 0 radical (unpaired) electrons. The van der Waals surface area contributed by atoms with E-state index in [0.717, 1.165) is 25.9 Å². The van der Waals surface area contributed by atoms with Crippen molar-refractivity contribution in [1.29, 1.82) is 0 Å². The SMILES string of the molecule is Cl.NCC1(C(=O)N2CCC3(CCCCC3)CC2)CCCC1. The lowest BCUT2D eigenvalue weighted by Gasteiger charge is -2.46. The Labute approximate surface area is 135 Å². The van der Waals surface area contributed by atoms with Crippen molar-refractivity contribution in [1.82, 2.24) is 4.90 Å². The van der Waals surface area contributed by atoms with Gasteiger partial charge in [-0.3, -0.25) is 4.79 Å². The van der Waals surface area contributed by atoms with Crippen LogP contribution in [-0.2, 0) is 4.79 Å². The van der Waals surface area contributed by atoms with Crippen molar-refractivity contribution in [3.63, 3.8) is 0 Å². The van der Waals surface area contributed by atoms with Crippen LogP contribution in [0.2, 0.25) is 0 Å². The zero-order valence-electron chi connectivity index (χ0n) is 13.2. The molecule has 2 N–H and O–H groups in total. The third-order valence-corrected chi connectivity index (χ3v) is 6.43. The Kier molecular flexibility index (Phi) is 5.59. The molecule has 0 aromatic rings. The van der Waals surface area contributed by atoms with Gasteiger partial charge < -0.3 is 10.6 Å². The lowest BCUT2D eigenvalue weighted by molar-refractivity contribution is -0.144. The first-order valence-corrected chi connectivity index (χ1v) is 8.69. The number of carbonyl (C=O) groups excluding carboxylic acids is 1. The molecule has 0 unspecified atom stereocenters. The van der Waals surface area contributed by atoms with Crippen LogP contribution in [0.15, 0.2) is 0 Å². The third kappa shape index (κ3) is 3.24. The molecule has 1 amide bonds. The predicted octanol–water partition coefficient (Wildman–Crippen LogP) is 3.50. The number of nitrogens with zero attached hydrogens (tertiary/aromatic N) is 1. The van der Waals surface area contributed by atoms with Crippen LogP contribution in [0.4, 0.5) is 0 Å². The van der Waals surface area contributed by atoms with E-state index in [-0.39, 0.29) is 17.8 Å². The lowest BCUT2D eigenvalue weighted by Crippen LogP contribution is -2.51. The summed E-state index contributed by atoms with van der Waals surface area (Å²) in [5.74, 6) is 0.378. The highest BCUT2D eigenvalue weighted by Gasteiger charge is 2.44. The molecule has 3 fully saturated rings. The number of halogens is 1. The molecule has 122 valence electrons. The van der Waals surface area contributed by atoms with Gasteiger partial charge in [-0.05, 0) is 43.9 Å². The van der Waals surface area contributed by atoms with Gasteiger partial charge in [0, 0.05) is 19.6 Å². The van der Waals surface area contributed by atoms with Gasteiger partial charge in [0.25, 0.3) is 0 Å². The monoisotopic (exact) mass is 314 g/mol. The number of piperidine rings is 1. The van der Waals surface area contributed by atoms with Crippen LogP contribution in [0.3, 0.4) is 0 Å². The number of hydrogen-bond donors (Lipinski definition) is 1. The molecule has 0 aromatic heterocycles. The predicted molar refractivity (Wildman–Crippen MR) is 88.5 cm³/mol. The van der Waals surface area contributed by atoms with E-state index in [2.05, 4.69) is 4.90 Å². The van der Waals surface area contributed by atoms with Crippen molar-refractivity contribution in [2.75, 3.05) is 19.6 Å². The van der Waals surface area contributed by atoms with E-state index in [4.69, 9.17) is 5.73 Å². The van der Waals surface area contributed by atoms with Gasteiger partial charge >= 0.3 is 0 Å². The quantitative estimate of drug-likeness (QED) is 0.848. The minimum absolute atomic E-state index is 0. The van der Waals surface area contributed by atoms with Crippen LogP contribution in [-0.4, -0.2) is 30.4 Å². The second kappa shape index (κ2) is 6.87. The Morgan fingerprint density at radius 3 is 1.90 bits per heavy atom. The summed E-state index contributed by atoms with van der Waals surface area (Å²) in [5, 5.41) is 0. The maximum atomic E-state index is 12.9. The largest absolute Gasteiger partial charge is 0.342 e. The van der Waals surface area contributed by atoms with Crippen molar-refractivity contribution in [2.45, 2.75) is 70.6 Å². The topological polar surface area (TPSA) is 46.3 Å². The number of hydrogen-bond acceptors (Lipinski definition) is 2. The van der Waals surface area contributed by atoms with E-state index in [1.54, 1.807) is 0 Å². The first-order valence-electron chi connectivity index (χ1n) is 8.69. The van der Waals surface area contributed by atoms with Crippen LogP contribution in [0.5, 0.6) is 0 Å². The summed E-state index contributed by atoms with van der Waals surface area (Å²) in [6.45, 7) is 2.52. The van der Waals surface area contributed by atoms with E-state index in [0.29, 0.717) is 17.9 Å². The summed E-state index contributed by atoms with van der Waals surface area (Å²) >= 11 is 0. The van der Waals surface area contributed by atoms with Crippen LogP contribution in [0.25, 0.3) is 0 Å². The van der Waals surface area contributed by atoms with Gasteiger partial charge in [-0.2, -0.15) is 0 Å². The first-order chi connectivity index (χ1) is 9.70. The Bertz CT molecular complexity index is 350. The second-order valence-electron chi connectivity index (χ2n) is 7.54. The maximum absolute atomic E-state index is 12.9. The van der Waals surface area contributed by atoms with Crippen molar-refractivity contribution in [3.05, 3.63) is 0 Å². The molecule has 1 saturated heterocycles. The van der Waals surface area contributed by atoms with E-state index < -0.39 is 0 Å². The average molecular weight is 315 g/mol. The van der Waals surface area contributed by atoms with Gasteiger partial charge in [0.2, 0.25) is 5.91 Å². The summed E-state index contributed by atoms with van der Waals surface area (Å²) < 4.78 is 0. The van der Waals surface area contributed by atoms with Crippen LogP contribution < -0.4 is 5.73 Å². The summed E-state index contributed by atoms with van der Waals surface area (Å²) in [6, 6.07) is 0. The van der Waals surface area contributed by atoms with Crippen LogP contribution in [0.1, 0.15) is 70.6 Å². The molecule has 1 spiro atoms. The number of nitrogens with two attached hydrogens (primary N) is 1. The summed E-state index contributed by atoms with van der Waals surface area (Å²) in [7, 11) is 0. The third-order valence-electron chi connectivity index (χ3n) is 6.43. The molecule has 0 atom stereocenters. The molecule has 2 aliphatic carbocycles. The molecular weight excluding hydrogens is 284 g/mol. The van der Waals surface area contributed by atoms with Gasteiger partial charge in [0.1, 0.15) is 0 Å². The molecule has 2 saturated carbocycles. The van der Waals surface area contributed by atoms with Gasteiger partial charge in [-0.25, -0.2) is 0 Å². The molecular formula is C17H31ClN2O. The molecule has 3 nitrogen and oxygen atoms in total. The summed E-state index contributed by atoms with van der Waals surface area (Å²) in [6.07, 6.45) is 13.9. The van der Waals surface area contributed by atoms with Crippen molar-refractivity contribution >= 4 is 18.3 Å². The molecule has 4 heteroatoms. The average Bonchev–Trinajstić information content (AvgIpc) is 2.98. The van der Waals surface area contributed by atoms with Gasteiger partial charge in [-0.15, -0.1) is 12.4 Å². The Hall–Kier alpha value is -0.280. The first kappa shape index (κ1) is 17.1. The summed E-state index contributed by atoms with van der Waals surface area (Å²) in [4.78, 5) is 15.0. The van der Waals surface area contributed by atoms with E-state index in [1.807, 2.05) is 0 Å². The van der Waals surface area contributed by atoms with Crippen molar-refractivity contribution in [2.24, 2.45) is 16.6 Å². The fourth-order valence-electron chi connectivity index (χ4n) is 4.88. The standard InChI is InChI=1S/C17H30N2O.ClH/c18-14-17(8-4-5-9-17)15(20)19-12-10-16(11-13-19)6-2-1-3-7-16;/h1-14,18H2;1H. The molecule has 1 heterocycles. The fraction of sp³-hybridized carbons (Fsp3) is 0.941. The Morgan fingerprint density at radius 2 is 1.38 bits per heavy atom. The minimum Gasteiger partial charge on any atom is -0.342 e. The zero-order chi connectivity index (χ0) is 14.1. The Morgan fingerprint density at radius 1 is 0.857 bits per heavy atom. The molecule has 1 aliphatic heterocycles. The highest BCUT2D eigenvalue weighted by molar-refractivity contribution is 5.85. The number of amides is 1. The minimum atomic E-state index is -0.197. The molecule has 21 heavy (non-hydrogen) atoms. The fourth-order valence-corrected chi connectivity index (χ4v) is 4.88. The van der Waals surface area contributed by atoms with Crippen molar-refractivity contribution in [3.8, 4) is 0 Å². The van der Waals surface area contributed by atoms with E-state index in [1.165, 1.54) is 57.8 Å². The van der Waals surface area contributed by atoms with Crippen molar-refractivity contribution < 1.29 is 4.79 Å². The highest BCUT2D eigenvalue weighted by Crippen LogP contribution is 2.46. The normalized spacial score (nSPS) is 27.4. The van der Waals surface area contributed by atoms with Gasteiger partial charge in [0.15, 0.2) is 0 Å². The Balaban J connectivity index is 0.00000161. The summed E-state index contributed by atoms with van der Waals surface area (Å²) in [5.41, 5.74) is 6.35. The van der Waals surface area contributed by atoms with E-state index >= 15 is 0 Å². The molecule has 3 aliphatic rings. The van der Waals surface area contributed by atoms with Crippen LogP contribution in [0, 0.1) is 10.8 Å². The molecule has 0 bridgehead atoms. The maximum Gasteiger partial charge on any atom is 0.230 e. The van der Waals surface area contributed by atoms with Gasteiger partial charge in [-0.1, -0.05) is 32.1 Å². The number of likely N-dealkylation sites (tertiary alicyclic amines) is 1. The van der Waals surface area contributed by atoms with E-state index in [9.17, 15) is 4.79 Å². The zero-order valence-corrected chi connectivity index (χ0v) is 14.1. The molecule has 0 aromatic carbocycles. The smallest absolute Gasteiger partial charge is 0.230 e.